The summed E-state index contributed by atoms with van der Waals surface area (Å²) in [6, 6.07) is 17.0. The van der Waals surface area contributed by atoms with Gasteiger partial charge in [0.25, 0.3) is 0 Å². The zero-order chi connectivity index (χ0) is 15.0. The van der Waals surface area contributed by atoms with Crippen LogP contribution in [0.15, 0.2) is 54.6 Å². The number of fused-ring (bicyclic) bond motifs is 1. The van der Waals surface area contributed by atoms with E-state index < -0.39 is 0 Å². The summed E-state index contributed by atoms with van der Waals surface area (Å²) < 4.78 is 13.6. The monoisotopic (exact) mass is 279 g/mol. The molecule has 0 aliphatic carbocycles. The minimum Gasteiger partial charge on any atom is -0.320 e. The molecule has 0 saturated carbocycles. The second kappa shape index (κ2) is 5.30. The molecule has 0 aliphatic rings. The van der Waals surface area contributed by atoms with Crippen molar-refractivity contribution in [3.8, 4) is 0 Å². The quantitative estimate of drug-likeness (QED) is 0.726. The molecular formula is C19H18FN. The Labute approximate surface area is 124 Å². The van der Waals surface area contributed by atoms with Crippen LogP contribution in [-0.4, -0.2) is 0 Å². The van der Waals surface area contributed by atoms with Gasteiger partial charge in [0.1, 0.15) is 5.82 Å². The molecule has 0 radical (unpaired) electrons. The molecule has 21 heavy (non-hydrogen) atoms. The first-order chi connectivity index (χ1) is 10.1. The van der Waals surface area contributed by atoms with Crippen molar-refractivity contribution in [2.75, 3.05) is 0 Å². The average Bonchev–Trinajstić information content (AvgIpc) is 2.46. The maximum atomic E-state index is 13.6. The van der Waals surface area contributed by atoms with Crippen LogP contribution in [0.5, 0.6) is 0 Å². The minimum atomic E-state index is -0.329. The summed E-state index contributed by atoms with van der Waals surface area (Å²) in [4.78, 5) is 0. The van der Waals surface area contributed by atoms with Gasteiger partial charge in [0, 0.05) is 0 Å². The zero-order valence-electron chi connectivity index (χ0n) is 12.2. The van der Waals surface area contributed by atoms with E-state index in [2.05, 4.69) is 25.1 Å². The molecule has 0 heterocycles. The van der Waals surface area contributed by atoms with Gasteiger partial charge in [-0.2, -0.15) is 0 Å². The Kier molecular flexibility index (Phi) is 3.48. The minimum absolute atomic E-state index is 0.239. The second-order valence-corrected chi connectivity index (χ2v) is 5.56. The predicted molar refractivity (Wildman–Crippen MR) is 85.9 cm³/mol. The molecule has 1 nitrogen and oxygen atoms in total. The van der Waals surface area contributed by atoms with Crippen molar-refractivity contribution < 1.29 is 4.39 Å². The third-order valence-corrected chi connectivity index (χ3v) is 3.93. The van der Waals surface area contributed by atoms with Crippen molar-refractivity contribution >= 4 is 10.8 Å². The summed E-state index contributed by atoms with van der Waals surface area (Å²) in [5.41, 5.74) is 10.3. The zero-order valence-corrected chi connectivity index (χ0v) is 12.2. The Morgan fingerprint density at radius 3 is 2.33 bits per heavy atom. The molecule has 3 rings (SSSR count). The number of nitrogens with two attached hydrogens (primary N) is 1. The highest BCUT2D eigenvalue weighted by molar-refractivity contribution is 5.89. The lowest BCUT2D eigenvalue weighted by molar-refractivity contribution is 0.622. The predicted octanol–water partition coefficient (Wildman–Crippen LogP) is 4.64. The summed E-state index contributed by atoms with van der Waals surface area (Å²) in [6.45, 7) is 3.97. The van der Waals surface area contributed by atoms with Crippen LogP contribution in [0.1, 0.15) is 28.3 Å². The van der Waals surface area contributed by atoms with E-state index in [0.29, 0.717) is 0 Å². The van der Waals surface area contributed by atoms with E-state index in [4.69, 9.17) is 5.73 Å². The Hall–Kier alpha value is -2.19. The Morgan fingerprint density at radius 2 is 1.62 bits per heavy atom. The molecule has 3 aromatic carbocycles. The number of aryl methyl sites for hydroxylation is 2. The highest BCUT2D eigenvalue weighted by atomic mass is 19.1. The van der Waals surface area contributed by atoms with Crippen molar-refractivity contribution in [3.05, 3.63) is 82.7 Å². The van der Waals surface area contributed by atoms with E-state index in [-0.39, 0.29) is 11.9 Å². The molecule has 106 valence electrons. The fraction of sp³-hybridized carbons (Fsp3) is 0.158. The van der Waals surface area contributed by atoms with Gasteiger partial charge >= 0.3 is 0 Å². The molecule has 1 unspecified atom stereocenters. The Morgan fingerprint density at radius 1 is 0.905 bits per heavy atom. The van der Waals surface area contributed by atoms with E-state index in [1.54, 1.807) is 0 Å². The molecule has 0 spiro atoms. The van der Waals surface area contributed by atoms with Crippen molar-refractivity contribution in [2.24, 2.45) is 5.73 Å². The van der Waals surface area contributed by atoms with Gasteiger partial charge in [-0.3, -0.25) is 0 Å². The normalized spacial score (nSPS) is 12.6. The van der Waals surface area contributed by atoms with Crippen LogP contribution in [0.25, 0.3) is 10.8 Å². The van der Waals surface area contributed by atoms with Crippen LogP contribution >= 0.6 is 0 Å². The summed E-state index contributed by atoms with van der Waals surface area (Å²) in [5, 5.41) is 2.32. The fourth-order valence-electron chi connectivity index (χ4n) is 2.87. The SMILES string of the molecule is Cc1cc(F)cc(C(N)c2ccc(C)c3ccccc23)c1. The maximum absolute atomic E-state index is 13.6. The molecule has 0 aliphatic heterocycles. The lowest BCUT2D eigenvalue weighted by Crippen LogP contribution is -2.13. The first-order valence-electron chi connectivity index (χ1n) is 7.07. The molecule has 1 atom stereocenters. The van der Waals surface area contributed by atoms with Gasteiger partial charge in [-0.1, -0.05) is 42.5 Å². The number of benzene rings is 3. The highest BCUT2D eigenvalue weighted by Crippen LogP contribution is 2.29. The summed E-state index contributed by atoms with van der Waals surface area (Å²) in [7, 11) is 0. The van der Waals surface area contributed by atoms with E-state index in [1.807, 2.05) is 31.2 Å². The van der Waals surface area contributed by atoms with E-state index >= 15 is 0 Å². The Bertz CT molecular complexity index is 788. The van der Waals surface area contributed by atoms with Crippen LogP contribution in [0.4, 0.5) is 4.39 Å². The van der Waals surface area contributed by atoms with Crippen LogP contribution in [0.3, 0.4) is 0 Å². The molecular weight excluding hydrogens is 261 g/mol. The Balaban J connectivity index is 2.18. The van der Waals surface area contributed by atoms with E-state index in [1.165, 1.54) is 23.1 Å². The van der Waals surface area contributed by atoms with Gasteiger partial charge < -0.3 is 5.73 Å². The average molecular weight is 279 g/mol. The van der Waals surface area contributed by atoms with Gasteiger partial charge in [-0.15, -0.1) is 0 Å². The van der Waals surface area contributed by atoms with Gasteiger partial charge in [-0.05, 0) is 59.0 Å². The first kappa shape index (κ1) is 13.8. The van der Waals surface area contributed by atoms with Gasteiger partial charge in [0.05, 0.1) is 6.04 Å². The highest BCUT2D eigenvalue weighted by Gasteiger charge is 2.14. The van der Waals surface area contributed by atoms with Crippen molar-refractivity contribution in [3.63, 3.8) is 0 Å². The number of hydrogen-bond donors (Lipinski definition) is 1. The largest absolute Gasteiger partial charge is 0.320 e. The smallest absolute Gasteiger partial charge is 0.123 e. The van der Waals surface area contributed by atoms with Crippen molar-refractivity contribution in [2.45, 2.75) is 19.9 Å². The molecule has 0 bridgehead atoms. The molecule has 0 amide bonds. The summed E-state index contributed by atoms with van der Waals surface area (Å²) in [5.74, 6) is -0.239. The lowest BCUT2D eigenvalue weighted by Gasteiger charge is -2.17. The standard InChI is InChI=1S/C19H18FN/c1-12-9-14(11-15(20)10-12)19(21)18-8-7-13(2)16-5-3-4-6-17(16)18/h3-11,19H,21H2,1-2H3. The van der Waals surface area contributed by atoms with E-state index in [0.717, 1.165) is 22.1 Å². The fourth-order valence-corrected chi connectivity index (χ4v) is 2.87. The lowest BCUT2D eigenvalue weighted by atomic mass is 9.92. The molecule has 0 aromatic heterocycles. The maximum Gasteiger partial charge on any atom is 0.123 e. The molecule has 2 N–H and O–H groups in total. The van der Waals surface area contributed by atoms with Crippen LogP contribution in [0.2, 0.25) is 0 Å². The third kappa shape index (κ3) is 2.55. The molecule has 0 fully saturated rings. The summed E-state index contributed by atoms with van der Waals surface area (Å²) >= 11 is 0. The van der Waals surface area contributed by atoms with Crippen molar-refractivity contribution in [1.29, 1.82) is 0 Å². The van der Waals surface area contributed by atoms with Gasteiger partial charge in [0.2, 0.25) is 0 Å². The first-order valence-corrected chi connectivity index (χ1v) is 7.07. The number of rotatable bonds is 2. The topological polar surface area (TPSA) is 26.0 Å². The molecule has 3 aromatic rings. The third-order valence-electron chi connectivity index (χ3n) is 3.93. The van der Waals surface area contributed by atoms with Crippen molar-refractivity contribution in [1.82, 2.24) is 0 Å². The molecule has 2 heteroatoms. The second-order valence-electron chi connectivity index (χ2n) is 5.56. The summed E-state index contributed by atoms with van der Waals surface area (Å²) in [6.07, 6.45) is 0. The number of hydrogen-bond acceptors (Lipinski definition) is 1. The molecule has 0 saturated heterocycles. The van der Waals surface area contributed by atoms with E-state index in [9.17, 15) is 4.39 Å². The van der Waals surface area contributed by atoms with Crippen LogP contribution in [0, 0.1) is 19.7 Å². The number of halogens is 1. The van der Waals surface area contributed by atoms with Crippen LogP contribution in [-0.2, 0) is 0 Å². The van der Waals surface area contributed by atoms with Gasteiger partial charge in [0.15, 0.2) is 0 Å². The van der Waals surface area contributed by atoms with Crippen LogP contribution < -0.4 is 5.73 Å². The van der Waals surface area contributed by atoms with Gasteiger partial charge in [-0.25, -0.2) is 4.39 Å².